The van der Waals surface area contributed by atoms with Crippen molar-refractivity contribution in [3.63, 3.8) is 0 Å². The average molecular weight is 346 g/mol. The molecule has 0 fully saturated rings. The number of aryl methyl sites for hydroxylation is 4. The van der Waals surface area contributed by atoms with Gasteiger partial charge in [0, 0.05) is 17.3 Å². The molecule has 120 valence electrons. The zero-order chi connectivity index (χ0) is 16.0. The number of fused-ring (bicyclic) bond motifs is 2. The highest BCUT2D eigenvalue weighted by Gasteiger charge is 2.18. The van der Waals surface area contributed by atoms with Gasteiger partial charge in [0.05, 0.1) is 16.3 Å². The third kappa shape index (κ3) is 2.68. The summed E-state index contributed by atoms with van der Waals surface area (Å²) in [6.07, 6.45) is 5.84. The Hall–Kier alpha value is -1.73. The van der Waals surface area contributed by atoms with Crippen LogP contribution >= 0.6 is 22.7 Å². The minimum Gasteiger partial charge on any atom is -0.297 e. The second-order valence-corrected chi connectivity index (χ2v) is 8.06. The van der Waals surface area contributed by atoms with E-state index in [9.17, 15) is 4.79 Å². The van der Waals surface area contributed by atoms with Crippen LogP contribution in [0.3, 0.4) is 0 Å². The van der Waals surface area contributed by atoms with Crippen molar-refractivity contribution >= 4 is 43.9 Å². The molecule has 0 spiro atoms. The van der Waals surface area contributed by atoms with Gasteiger partial charge in [-0.2, -0.15) is 5.10 Å². The number of nitrogens with one attached hydrogen (secondary N) is 1. The van der Waals surface area contributed by atoms with Crippen molar-refractivity contribution in [2.24, 2.45) is 7.05 Å². The number of thiophene rings is 1. The summed E-state index contributed by atoms with van der Waals surface area (Å²) in [5, 5.41) is 9.13. The topological polar surface area (TPSA) is 59.8 Å². The molecule has 3 aromatic rings. The Kier molecular flexibility index (Phi) is 3.69. The Morgan fingerprint density at radius 3 is 2.91 bits per heavy atom. The first-order chi connectivity index (χ1) is 11.1. The molecule has 5 nitrogen and oxygen atoms in total. The summed E-state index contributed by atoms with van der Waals surface area (Å²) in [7, 11) is 1.91. The molecule has 4 rings (SSSR count). The highest BCUT2D eigenvalue weighted by atomic mass is 32.1. The normalized spacial score (nSPS) is 14.7. The van der Waals surface area contributed by atoms with Crippen LogP contribution in [0.4, 0.5) is 5.13 Å². The van der Waals surface area contributed by atoms with E-state index >= 15 is 0 Å². The molecule has 1 aliphatic carbocycles. The number of carbonyl (C=O) groups excluding carboxylic acids is 1. The molecule has 0 saturated carbocycles. The van der Waals surface area contributed by atoms with Crippen molar-refractivity contribution in [2.75, 3.05) is 5.32 Å². The second-order valence-electron chi connectivity index (χ2n) is 5.94. The van der Waals surface area contributed by atoms with Gasteiger partial charge in [-0.05, 0) is 38.7 Å². The van der Waals surface area contributed by atoms with E-state index in [0.29, 0.717) is 4.88 Å². The van der Waals surface area contributed by atoms with E-state index < -0.39 is 0 Å². The minimum absolute atomic E-state index is 0.0745. The van der Waals surface area contributed by atoms with Crippen LogP contribution in [0.5, 0.6) is 0 Å². The molecular weight excluding hydrogens is 328 g/mol. The van der Waals surface area contributed by atoms with Crippen molar-refractivity contribution in [1.82, 2.24) is 14.8 Å². The molecule has 0 aliphatic heterocycles. The lowest BCUT2D eigenvalue weighted by Gasteiger charge is -1.98. The number of hydrogen-bond donors (Lipinski definition) is 1. The number of aromatic nitrogens is 3. The highest BCUT2D eigenvalue weighted by Crippen LogP contribution is 2.31. The zero-order valence-corrected chi connectivity index (χ0v) is 14.8. The van der Waals surface area contributed by atoms with Gasteiger partial charge < -0.3 is 0 Å². The van der Waals surface area contributed by atoms with Crippen LogP contribution in [-0.2, 0) is 19.9 Å². The summed E-state index contributed by atoms with van der Waals surface area (Å²) in [6.45, 7) is 1.97. The third-order valence-corrected chi connectivity index (χ3v) is 6.51. The van der Waals surface area contributed by atoms with Gasteiger partial charge in [0.15, 0.2) is 5.13 Å². The molecule has 1 amide bonds. The molecule has 23 heavy (non-hydrogen) atoms. The van der Waals surface area contributed by atoms with Crippen molar-refractivity contribution < 1.29 is 4.79 Å². The summed E-state index contributed by atoms with van der Waals surface area (Å²) in [5.41, 5.74) is 2.14. The summed E-state index contributed by atoms with van der Waals surface area (Å²) >= 11 is 3.11. The van der Waals surface area contributed by atoms with Crippen LogP contribution in [0.1, 0.15) is 45.2 Å². The van der Waals surface area contributed by atoms with E-state index in [1.165, 1.54) is 41.2 Å². The smallest absolute Gasteiger partial charge is 0.267 e. The second kappa shape index (κ2) is 5.72. The Morgan fingerprint density at radius 2 is 2.09 bits per heavy atom. The van der Waals surface area contributed by atoms with E-state index in [0.717, 1.165) is 33.9 Å². The minimum atomic E-state index is -0.0745. The number of rotatable bonds is 2. The van der Waals surface area contributed by atoms with E-state index in [1.807, 2.05) is 24.7 Å². The lowest BCUT2D eigenvalue weighted by atomic mass is 10.2. The van der Waals surface area contributed by atoms with E-state index in [2.05, 4.69) is 15.4 Å². The van der Waals surface area contributed by atoms with Gasteiger partial charge in [0.1, 0.15) is 4.83 Å². The SMILES string of the molecule is Cc1nn(C)c2sc(C(=O)Nc3nc4c(s3)CCCCC4)cc12. The predicted octanol–water partition coefficient (Wildman–Crippen LogP) is 3.92. The average Bonchev–Trinajstić information content (AvgIpc) is 3.13. The first-order valence-electron chi connectivity index (χ1n) is 7.85. The number of thiazole rings is 1. The van der Waals surface area contributed by atoms with Crippen LogP contribution < -0.4 is 5.32 Å². The number of carbonyl (C=O) groups is 1. The molecular formula is C16H18N4OS2. The van der Waals surface area contributed by atoms with Crippen molar-refractivity contribution in [2.45, 2.75) is 39.0 Å². The monoisotopic (exact) mass is 346 g/mol. The molecule has 0 unspecified atom stereocenters. The van der Waals surface area contributed by atoms with Gasteiger partial charge >= 0.3 is 0 Å². The maximum atomic E-state index is 12.5. The molecule has 0 aromatic carbocycles. The van der Waals surface area contributed by atoms with Crippen LogP contribution in [-0.4, -0.2) is 20.7 Å². The van der Waals surface area contributed by atoms with Gasteiger partial charge in [0.25, 0.3) is 5.91 Å². The molecule has 0 bridgehead atoms. The molecule has 0 saturated heterocycles. The highest BCUT2D eigenvalue weighted by molar-refractivity contribution is 7.20. The molecule has 1 aliphatic rings. The van der Waals surface area contributed by atoms with E-state index in [4.69, 9.17) is 0 Å². The fraction of sp³-hybridized carbons (Fsp3) is 0.438. The Balaban J connectivity index is 1.58. The Labute approximate surface area is 142 Å². The Bertz CT molecular complexity index is 832. The van der Waals surface area contributed by atoms with Gasteiger partial charge in [-0.15, -0.1) is 22.7 Å². The first-order valence-corrected chi connectivity index (χ1v) is 9.48. The predicted molar refractivity (Wildman–Crippen MR) is 94.7 cm³/mol. The number of anilines is 1. The van der Waals surface area contributed by atoms with Crippen LogP contribution in [0.15, 0.2) is 6.07 Å². The molecule has 1 N–H and O–H groups in total. The fourth-order valence-electron chi connectivity index (χ4n) is 3.06. The van der Waals surface area contributed by atoms with Crippen molar-refractivity contribution in [3.8, 4) is 0 Å². The molecule has 3 aromatic heterocycles. The first kappa shape index (κ1) is 14.8. The number of hydrogen-bond acceptors (Lipinski definition) is 5. The van der Waals surface area contributed by atoms with Crippen LogP contribution in [0.2, 0.25) is 0 Å². The number of nitrogens with zero attached hydrogens (tertiary/aromatic N) is 3. The summed E-state index contributed by atoms with van der Waals surface area (Å²) in [6, 6.07) is 1.93. The van der Waals surface area contributed by atoms with Gasteiger partial charge in [0.2, 0.25) is 0 Å². The van der Waals surface area contributed by atoms with E-state index in [1.54, 1.807) is 11.3 Å². The summed E-state index contributed by atoms with van der Waals surface area (Å²) < 4.78 is 1.83. The zero-order valence-electron chi connectivity index (χ0n) is 13.2. The standard InChI is InChI=1S/C16H18N4OS2/c1-9-10-8-13(22-15(10)20(2)19-9)14(21)18-16-17-11-6-4-3-5-7-12(11)23-16/h8H,3-7H2,1-2H3,(H,17,18,21). The maximum absolute atomic E-state index is 12.5. The molecule has 3 heterocycles. The van der Waals surface area contributed by atoms with Gasteiger partial charge in [-0.1, -0.05) is 6.42 Å². The largest absolute Gasteiger partial charge is 0.297 e. The third-order valence-electron chi connectivity index (χ3n) is 4.24. The van der Waals surface area contributed by atoms with Crippen molar-refractivity contribution in [3.05, 3.63) is 27.2 Å². The van der Waals surface area contributed by atoms with Crippen molar-refractivity contribution in [1.29, 1.82) is 0 Å². The quantitative estimate of drug-likeness (QED) is 0.716. The maximum Gasteiger partial charge on any atom is 0.267 e. The van der Waals surface area contributed by atoms with Crippen LogP contribution in [0.25, 0.3) is 10.2 Å². The van der Waals surface area contributed by atoms with Gasteiger partial charge in [-0.25, -0.2) is 4.98 Å². The summed E-state index contributed by atoms with van der Waals surface area (Å²) in [5.74, 6) is -0.0745. The fourth-order valence-corrected chi connectivity index (χ4v) is 5.12. The number of amides is 1. The Morgan fingerprint density at radius 1 is 1.26 bits per heavy atom. The molecule has 0 radical (unpaired) electrons. The van der Waals surface area contributed by atoms with Crippen LogP contribution in [0, 0.1) is 6.92 Å². The lowest BCUT2D eigenvalue weighted by molar-refractivity contribution is 0.103. The molecule has 7 heteroatoms. The molecule has 0 atom stereocenters. The van der Waals surface area contributed by atoms with Gasteiger partial charge in [-0.3, -0.25) is 14.8 Å². The van der Waals surface area contributed by atoms with E-state index in [-0.39, 0.29) is 5.91 Å². The summed E-state index contributed by atoms with van der Waals surface area (Å²) in [4.78, 5) is 20.2. The lowest BCUT2D eigenvalue weighted by Crippen LogP contribution is -2.10.